The molecule has 1 aromatic carbocycles. The van der Waals surface area contributed by atoms with Crippen molar-refractivity contribution >= 4 is 18.1 Å². The SMILES string of the molecule is Cc1ccc(-c2n[nH]c(=S)n2CCC(=O)NCCO)cc1. The van der Waals surface area contributed by atoms with E-state index in [1.165, 1.54) is 5.56 Å². The van der Waals surface area contributed by atoms with Crippen molar-refractivity contribution in [3.05, 3.63) is 34.6 Å². The number of carbonyl (C=O) groups is 1. The Morgan fingerprint density at radius 1 is 1.43 bits per heavy atom. The van der Waals surface area contributed by atoms with Crippen LogP contribution >= 0.6 is 12.2 Å². The maximum absolute atomic E-state index is 11.6. The number of nitrogens with one attached hydrogen (secondary N) is 2. The van der Waals surface area contributed by atoms with Crippen molar-refractivity contribution in [3.8, 4) is 11.4 Å². The Labute approximate surface area is 127 Å². The topological polar surface area (TPSA) is 82.9 Å². The van der Waals surface area contributed by atoms with E-state index in [2.05, 4.69) is 15.5 Å². The van der Waals surface area contributed by atoms with E-state index in [1.54, 1.807) is 4.57 Å². The van der Waals surface area contributed by atoms with Crippen LogP contribution in [0.1, 0.15) is 12.0 Å². The third-order valence-corrected chi connectivity index (χ3v) is 3.38. The number of benzene rings is 1. The molecule has 0 saturated heterocycles. The van der Waals surface area contributed by atoms with Gasteiger partial charge in [-0.15, -0.1) is 0 Å². The van der Waals surface area contributed by atoms with Crippen molar-refractivity contribution in [1.29, 1.82) is 0 Å². The molecule has 112 valence electrons. The van der Waals surface area contributed by atoms with Gasteiger partial charge in [-0.2, -0.15) is 5.10 Å². The van der Waals surface area contributed by atoms with Gasteiger partial charge >= 0.3 is 0 Å². The number of nitrogens with zero attached hydrogens (tertiary/aromatic N) is 2. The standard InChI is InChI=1S/C14H18N4O2S/c1-10-2-4-11(5-3-10)13-16-17-14(21)18(13)8-6-12(20)15-7-9-19/h2-5,19H,6-9H2,1H3,(H,15,20)(H,17,21). The fourth-order valence-corrected chi connectivity index (χ4v) is 2.17. The second-order valence-electron chi connectivity index (χ2n) is 4.69. The molecule has 7 heteroatoms. The molecule has 1 amide bonds. The van der Waals surface area contributed by atoms with Gasteiger partial charge in [0.1, 0.15) is 0 Å². The Bertz CT molecular complexity index is 660. The highest BCUT2D eigenvalue weighted by Crippen LogP contribution is 2.18. The Balaban J connectivity index is 2.13. The van der Waals surface area contributed by atoms with Crippen molar-refractivity contribution < 1.29 is 9.90 Å². The molecular formula is C14H18N4O2S. The summed E-state index contributed by atoms with van der Waals surface area (Å²) in [4.78, 5) is 11.6. The van der Waals surface area contributed by atoms with E-state index in [0.717, 1.165) is 11.4 Å². The monoisotopic (exact) mass is 306 g/mol. The van der Waals surface area contributed by atoms with Gasteiger partial charge in [-0.05, 0) is 19.1 Å². The van der Waals surface area contributed by atoms with Crippen LogP contribution in [0.5, 0.6) is 0 Å². The molecule has 0 bridgehead atoms. The number of amides is 1. The largest absolute Gasteiger partial charge is 0.395 e. The highest BCUT2D eigenvalue weighted by atomic mass is 32.1. The zero-order valence-electron chi connectivity index (χ0n) is 11.8. The number of aromatic nitrogens is 3. The van der Waals surface area contributed by atoms with E-state index in [-0.39, 0.29) is 25.5 Å². The molecule has 3 N–H and O–H groups in total. The molecule has 0 aliphatic heterocycles. The molecule has 0 unspecified atom stereocenters. The molecule has 0 fully saturated rings. The third-order valence-electron chi connectivity index (χ3n) is 3.06. The fraction of sp³-hybridized carbons (Fsp3) is 0.357. The molecule has 0 saturated carbocycles. The first-order valence-corrected chi connectivity index (χ1v) is 7.12. The molecule has 0 atom stereocenters. The predicted molar refractivity (Wildman–Crippen MR) is 82.3 cm³/mol. The van der Waals surface area contributed by atoms with E-state index in [4.69, 9.17) is 17.3 Å². The molecule has 6 nitrogen and oxygen atoms in total. The van der Waals surface area contributed by atoms with Crippen LogP contribution in [-0.2, 0) is 11.3 Å². The summed E-state index contributed by atoms with van der Waals surface area (Å²) >= 11 is 5.21. The number of aliphatic hydroxyl groups excluding tert-OH is 1. The number of rotatable bonds is 6. The van der Waals surface area contributed by atoms with E-state index in [0.29, 0.717) is 11.3 Å². The van der Waals surface area contributed by atoms with Crippen LogP contribution in [0, 0.1) is 11.7 Å². The maximum atomic E-state index is 11.6. The lowest BCUT2D eigenvalue weighted by atomic mass is 10.1. The maximum Gasteiger partial charge on any atom is 0.221 e. The molecule has 0 aliphatic rings. The van der Waals surface area contributed by atoms with Crippen LogP contribution in [0.4, 0.5) is 0 Å². The average Bonchev–Trinajstić information content (AvgIpc) is 2.85. The number of hydrogen-bond acceptors (Lipinski definition) is 4. The van der Waals surface area contributed by atoms with Crippen LogP contribution in [0.15, 0.2) is 24.3 Å². The number of H-pyrrole nitrogens is 1. The summed E-state index contributed by atoms with van der Waals surface area (Å²) < 4.78 is 2.29. The number of carbonyl (C=O) groups excluding carboxylic acids is 1. The minimum absolute atomic E-state index is 0.0640. The first-order valence-electron chi connectivity index (χ1n) is 6.71. The smallest absolute Gasteiger partial charge is 0.221 e. The fourth-order valence-electron chi connectivity index (χ4n) is 1.95. The average molecular weight is 306 g/mol. The molecule has 1 heterocycles. The Morgan fingerprint density at radius 3 is 2.81 bits per heavy atom. The molecule has 2 aromatic rings. The van der Waals surface area contributed by atoms with Crippen molar-refractivity contribution in [1.82, 2.24) is 20.1 Å². The van der Waals surface area contributed by atoms with Crippen molar-refractivity contribution in [2.45, 2.75) is 19.9 Å². The van der Waals surface area contributed by atoms with Crippen LogP contribution in [-0.4, -0.2) is 38.9 Å². The Kier molecular flexibility index (Phi) is 5.24. The predicted octanol–water partition coefficient (Wildman–Crippen LogP) is 1.41. The quantitative estimate of drug-likeness (QED) is 0.705. The van der Waals surface area contributed by atoms with Crippen molar-refractivity contribution in [2.75, 3.05) is 13.2 Å². The zero-order valence-corrected chi connectivity index (χ0v) is 12.6. The summed E-state index contributed by atoms with van der Waals surface area (Å²) in [5.74, 6) is 0.594. The van der Waals surface area contributed by atoms with Gasteiger partial charge in [0.25, 0.3) is 0 Å². The summed E-state index contributed by atoms with van der Waals surface area (Å²) in [6.07, 6.45) is 0.284. The van der Waals surface area contributed by atoms with E-state index >= 15 is 0 Å². The summed E-state index contributed by atoms with van der Waals surface area (Å²) in [5.41, 5.74) is 2.12. The van der Waals surface area contributed by atoms with Crippen LogP contribution in [0.25, 0.3) is 11.4 Å². The van der Waals surface area contributed by atoms with Crippen molar-refractivity contribution in [3.63, 3.8) is 0 Å². The number of aromatic amines is 1. The molecule has 1 aromatic heterocycles. The first kappa shape index (κ1) is 15.4. The van der Waals surface area contributed by atoms with Gasteiger partial charge < -0.3 is 10.4 Å². The Morgan fingerprint density at radius 2 is 2.14 bits per heavy atom. The lowest BCUT2D eigenvalue weighted by Gasteiger charge is -2.07. The second kappa shape index (κ2) is 7.14. The highest BCUT2D eigenvalue weighted by molar-refractivity contribution is 7.71. The molecule has 2 rings (SSSR count). The number of aryl methyl sites for hydroxylation is 1. The third kappa shape index (κ3) is 3.99. The first-order chi connectivity index (χ1) is 10.1. The van der Waals surface area contributed by atoms with Crippen LogP contribution in [0.3, 0.4) is 0 Å². The number of aliphatic hydroxyl groups is 1. The van der Waals surface area contributed by atoms with Gasteiger partial charge in [0.05, 0.1) is 6.61 Å². The minimum Gasteiger partial charge on any atom is -0.395 e. The van der Waals surface area contributed by atoms with Gasteiger partial charge in [-0.1, -0.05) is 29.8 Å². The Hall–Kier alpha value is -1.99. The number of hydrogen-bond donors (Lipinski definition) is 3. The zero-order chi connectivity index (χ0) is 15.2. The lowest BCUT2D eigenvalue weighted by molar-refractivity contribution is -0.121. The summed E-state index contributed by atoms with van der Waals surface area (Å²) in [5, 5.41) is 18.3. The van der Waals surface area contributed by atoms with Crippen LogP contribution < -0.4 is 5.32 Å². The van der Waals surface area contributed by atoms with Gasteiger partial charge in [-0.25, -0.2) is 0 Å². The van der Waals surface area contributed by atoms with E-state index in [9.17, 15) is 4.79 Å². The summed E-state index contributed by atoms with van der Waals surface area (Å²) in [6.45, 7) is 2.66. The normalized spacial score (nSPS) is 10.6. The van der Waals surface area contributed by atoms with E-state index in [1.807, 2.05) is 31.2 Å². The molecule has 0 spiro atoms. The van der Waals surface area contributed by atoms with Gasteiger partial charge in [0, 0.05) is 25.1 Å². The summed E-state index contributed by atoms with van der Waals surface area (Å²) in [7, 11) is 0. The highest BCUT2D eigenvalue weighted by Gasteiger charge is 2.10. The van der Waals surface area contributed by atoms with Gasteiger partial charge in [-0.3, -0.25) is 14.5 Å². The van der Waals surface area contributed by atoms with E-state index < -0.39 is 0 Å². The lowest BCUT2D eigenvalue weighted by Crippen LogP contribution is -2.27. The van der Waals surface area contributed by atoms with Gasteiger partial charge in [0.2, 0.25) is 5.91 Å². The molecule has 21 heavy (non-hydrogen) atoms. The van der Waals surface area contributed by atoms with Crippen molar-refractivity contribution in [2.24, 2.45) is 0 Å². The molecular weight excluding hydrogens is 288 g/mol. The van der Waals surface area contributed by atoms with Gasteiger partial charge in [0.15, 0.2) is 10.6 Å². The van der Waals surface area contributed by atoms with Crippen LogP contribution in [0.2, 0.25) is 0 Å². The minimum atomic E-state index is -0.123. The summed E-state index contributed by atoms with van der Waals surface area (Å²) in [6, 6.07) is 7.96. The molecule has 0 aliphatic carbocycles. The molecule has 0 radical (unpaired) electrons. The second-order valence-corrected chi connectivity index (χ2v) is 5.08.